The molecule has 11 N–H and O–H groups in total. The maximum atomic E-state index is 12.9. The molecular formula is C22H44N6O6. The van der Waals surface area contributed by atoms with Crippen LogP contribution in [0.1, 0.15) is 65.7 Å². The van der Waals surface area contributed by atoms with Gasteiger partial charge in [0.25, 0.3) is 0 Å². The molecule has 5 atom stereocenters. The Morgan fingerprint density at radius 2 is 1.29 bits per heavy atom. The largest absolute Gasteiger partial charge is 0.480 e. The van der Waals surface area contributed by atoms with E-state index in [1.54, 1.807) is 0 Å². The first-order valence-electron chi connectivity index (χ1n) is 11.9. The number of carbonyl (C=O) groups is 4. The van der Waals surface area contributed by atoms with E-state index in [0.717, 1.165) is 0 Å². The Kier molecular flexibility index (Phi) is 16.0. The highest BCUT2D eigenvalue weighted by Gasteiger charge is 2.32. The third-order valence-corrected chi connectivity index (χ3v) is 5.27. The second-order valence-electron chi connectivity index (χ2n) is 8.99. The molecule has 0 rings (SSSR count). The van der Waals surface area contributed by atoms with E-state index >= 15 is 0 Å². The summed E-state index contributed by atoms with van der Waals surface area (Å²) in [4.78, 5) is 49.7. The van der Waals surface area contributed by atoms with Crippen LogP contribution in [-0.4, -0.2) is 77.3 Å². The molecule has 0 aromatic carbocycles. The monoisotopic (exact) mass is 488 g/mol. The van der Waals surface area contributed by atoms with Crippen LogP contribution in [0.2, 0.25) is 0 Å². The molecule has 0 saturated carbocycles. The molecule has 0 aliphatic carbocycles. The summed E-state index contributed by atoms with van der Waals surface area (Å²) in [5.41, 5.74) is 16.8. The van der Waals surface area contributed by atoms with Crippen molar-refractivity contribution in [2.24, 2.45) is 23.1 Å². The standard InChI is InChI=1S/C22H44N6O6/c1-13(2)12-17(22(33)34)27-20(31)16(9-5-7-11-24)26-21(32)18(14(3)29)28-19(30)15(25)8-4-6-10-23/h13-18,29H,4-12,23-25H2,1-3H3,(H,26,32)(H,27,31)(H,28,30)(H,33,34). The van der Waals surface area contributed by atoms with Crippen LogP contribution in [0.4, 0.5) is 0 Å². The highest BCUT2D eigenvalue weighted by molar-refractivity contribution is 5.94. The summed E-state index contributed by atoms with van der Waals surface area (Å²) in [6, 6.07) is -4.40. The minimum absolute atomic E-state index is 0.0237. The summed E-state index contributed by atoms with van der Waals surface area (Å²) >= 11 is 0. The van der Waals surface area contributed by atoms with Crippen LogP contribution in [0.15, 0.2) is 0 Å². The molecule has 3 amide bonds. The molecule has 0 aliphatic rings. The number of unbranched alkanes of at least 4 members (excludes halogenated alkanes) is 2. The van der Waals surface area contributed by atoms with Gasteiger partial charge in [-0.2, -0.15) is 0 Å². The first-order chi connectivity index (χ1) is 15.9. The first-order valence-corrected chi connectivity index (χ1v) is 11.9. The average molecular weight is 489 g/mol. The van der Waals surface area contributed by atoms with E-state index in [1.807, 2.05) is 13.8 Å². The molecular weight excluding hydrogens is 444 g/mol. The molecule has 0 fully saturated rings. The molecule has 0 aromatic rings. The van der Waals surface area contributed by atoms with Crippen LogP contribution in [0.3, 0.4) is 0 Å². The molecule has 0 aromatic heterocycles. The van der Waals surface area contributed by atoms with Crippen molar-refractivity contribution in [3.05, 3.63) is 0 Å². The number of nitrogens with two attached hydrogens (primary N) is 3. The predicted molar refractivity (Wildman–Crippen MR) is 128 cm³/mol. The minimum atomic E-state index is -1.34. The van der Waals surface area contributed by atoms with E-state index in [0.29, 0.717) is 45.2 Å². The maximum Gasteiger partial charge on any atom is 0.326 e. The summed E-state index contributed by atoms with van der Waals surface area (Å²) in [5, 5.41) is 26.9. The second-order valence-corrected chi connectivity index (χ2v) is 8.99. The Labute approximate surface area is 201 Å². The van der Waals surface area contributed by atoms with Gasteiger partial charge in [-0.1, -0.05) is 20.3 Å². The number of carbonyl (C=O) groups excluding carboxylic acids is 3. The fraction of sp³-hybridized carbons (Fsp3) is 0.818. The molecule has 0 aliphatic heterocycles. The average Bonchev–Trinajstić information content (AvgIpc) is 2.75. The number of nitrogens with one attached hydrogen (secondary N) is 3. The number of aliphatic carboxylic acids is 1. The summed E-state index contributed by atoms with van der Waals surface area (Å²) in [6.07, 6.45) is 1.99. The van der Waals surface area contributed by atoms with Crippen molar-refractivity contribution in [3.8, 4) is 0 Å². The van der Waals surface area contributed by atoms with Crippen LogP contribution in [0.5, 0.6) is 0 Å². The van der Waals surface area contributed by atoms with E-state index in [9.17, 15) is 29.4 Å². The molecule has 0 heterocycles. The first kappa shape index (κ1) is 31.7. The maximum absolute atomic E-state index is 12.9. The van der Waals surface area contributed by atoms with E-state index < -0.39 is 54.0 Å². The number of rotatable bonds is 18. The smallest absolute Gasteiger partial charge is 0.326 e. The van der Waals surface area contributed by atoms with Crippen LogP contribution >= 0.6 is 0 Å². The zero-order valence-corrected chi connectivity index (χ0v) is 20.6. The van der Waals surface area contributed by atoms with Gasteiger partial charge in [0.05, 0.1) is 12.1 Å². The van der Waals surface area contributed by atoms with Gasteiger partial charge in [0.15, 0.2) is 0 Å². The summed E-state index contributed by atoms with van der Waals surface area (Å²) in [6.45, 7) is 5.86. The van der Waals surface area contributed by atoms with Crippen LogP contribution in [0.25, 0.3) is 0 Å². The second kappa shape index (κ2) is 17.2. The topological polar surface area (TPSA) is 223 Å². The van der Waals surface area contributed by atoms with Gasteiger partial charge < -0.3 is 43.4 Å². The summed E-state index contributed by atoms with van der Waals surface area (Å²) in [5.74, 6) is -3.19. The third kappa shape index (κ3) is 12.8. The van der Waals surface area contributed by atoms with Gasteiger partial charge in [0.2, 0.25) is 17.7 Å². The van der Waals surface area contributed by atoms with Gasteiger partial charge in [-0.25, -0.2) is 4.79 Å². The zero-order chi connectivity index (χ0) is 26.3. The van der Waals surface area contributed by atoms with Crippen molar-refractivity contribution < 1.29 is 29.4 Å². The Morgan fingerprint density at radius 1 is 0.765 bits per heavy atom. The summed E-state index contributed by atoms with van der Waals surface area (Å²) < 4.78 is 0. The zero-order valence-electron chi connectivity index (χ0n) is 20.6. The Morgan fingerprint density at radius 3 is 1.76 bits per heavy atom. The molecule has 0 radical (unpaired) electrons. The van der Waals surface area contributed by atoms with Crippen molar-refractivity contribution >= 4 is 23.7 Å². The normalized spacial score (nSPS) is 15.6. The van der Waals surface area contributed by atoms with Crippen molar-refractivity contribution in [1.82, 2.24) is 16.0 Å². The van der Waals surface area contributed by atoms with Crippen molar-refractivity contribution in [2.75, 3.05) is 13.1 Å². The molecule has 12 nitrogen and oxygen atoms in total. The van der Waals surface area contributed by atoms with Crippen LogP contribution in [-0.2, 0) is 19.2 Å². The third-order valence-electron chi connectivity index (χ3n) is 5.27. The minimum Gasteiger partial charge on any atom is -0.480 e. The Balaban J connectivity index is 5.36. The highest BCUT2D eigenvalue weighted by atomic mass is 16.4. The van der Waals surface area contributed by atoms with Gasteiger partial charge >= 0.3 is 5.97 Å². The van der Waals surface area contributed by atoms with Crippen molar-refractivity contribution in [3.63, 3.8) is 0 Å². The molecule has 34 heavy (non-hydrogen) atoms. The number of hydrogen-bond acceptors (Lipinski definition) is 8. The molecule has 5 unspecified atom stereocenters. The summed E-state index contributed by atoms with van der Waals surface area (Å²) in [7, 11) is 0. The van der Waals surface area contributed by atoms with Crippen LogP contribution < -0.4 is 33.2 Å². The van der Waals surface area contributed by atoms with Gasteiger partial charge in [0, 0.05) is 0 Å². The van der Waals surface area contributed by atoms with E-state index in [2.05, 4.69) is 16.0 Å². The van der Waals surface area contributed by atoms with Gasteiger partial charge in [-0.05, 0) is 64.5 Å². The quantitative estimate of drug-likeness (QED) is 0.105. The fourth-order valence-corrected chi connectivity index (χ4v) is 3.29. The Bertz CT molecular complexity index is 645. The molecule has 0 spiro atoms. The molecule has 198 valence electrons. The number of carboxylic acid groups (broad SMARTS) is 1. The van der Waals surface area contributed by atoms with Gasteiger partial charge in [-0.15, -0.1) is 0 Å². The van der Waals surface area contributed by atoms with E-state index in [4.69, 9.17) is 17.2 Å². The fourth-order valence-electron chi connectivity index (χ4n) is 3.29. The SMILES string of the molecule is CC(C)CC(NC(=O)C(CCCCN)NC(=O)C(NC(=O)C(N)CCCCN)C(C)O)C(=O)O. The highest BCUT2D eigenvalue weighted by Crippen LogP contribution is 2.08. The number of hydrogen-bond donors (Lipinski definition) is 8. The lowest BCUT2D eigenvalue weighted by atomic mass is 10.0. The number of aliphatic hydroxyl groups is 1. The number of aliphatic hydroxyl groups excluding tert-OH is 1. The predicted octanol–water partition coefficient (Wildman–Crippen LogP) is -1.46. The van der Waals surface area contributed by atoms with E-state index in [1.165, 1.54) is 6.92 Å². The number of carboxylic acids is 1. The lowest BCUT2D eigenvalue weighted by molar-refractivity contribution is -0.143. The number of amides is 3. The van der Waals surface area contributed by atoms with Crippen molar-refractivity contribution in [1.29, 1.82) is 0 Å². The van der Waals surface area contributed by atoms with Crippen LogP contribution in [0, 0.1) is 5.92 Å². The lowest BCUT2D eigenvalue weighted by Crippen LogP contribution is -2.59. The molecule has 0 bridgehead atoms. The molecule has 12 heteroatoms. The lowest BCUT2D eigenvalue weighted by Gasteiger charge is -2.26. The molecule has 0 saturated heterocycles. The van der Waals surface area contributed by atoms with Gasteiger partial charge in [0.1, 0.15) is 18.1 Å². The Hall–Kier alpha value is -2.28. The van der Waals surface area contributed by atoms with Gasteiger partial charge in [-0.3, -0.25) is 14.4 Å². The van der Waals surface area contributed by atoms with Crippen molar-refractivity contribution in [2.45, 2.75) is 96.0 Å². The van der Waals surface area contributed by atoms with E-state index in [-0.39, 0.29) is 18.8 Å².